The van der Waals surface area contributed by atoms with E-state index in [-0.39, 0.29) is 0 Å². The molecule has 0 aliphatic heterocycles. The van der Waals surface area contributed by atoms with Crippen LogP contribution in [0.5, 0.6) is 5.75 Å². The molecule has 0 saturated carbocycles. The van der Waals surface area contributed by atoms with Gasteiger partial charge in [0.25, 0.3) is 0 Å². The second-order valence-electron chi connectivity index (χ2n) is 3.20. The highest BCUT2D eigenvalue weighted by Gasteiger charge is 1.97. The normalized spacial score (nSPS) is 10.3. The minimum Gasteiger partial charge on any atom is -0.497 e. The van der Waals surface area contributed by atoms with Crippen LogP contribution in [0.2, 0.25) is 0 Å². The van der Waals surface area contributed by atoms with Gasteiger partial charge in [-0.05, 0) is 33.6 Å². The number of aromatic nitrogens is 2. The van der Waals surface area contributed by atoms with Crippen LogP contribution in [-0.4, -0.2) is 16.9 Å². The molecule has 0 N–H and O–H groups in total. The molecule has 0 unspecified atom stereocenters. The van der Waals surface area contributed by atoms with Crippen LogP contribution in [0.3, 0.4) is 0 Å². The number of rotatable bonds is 3. The molecular formula is C11H11BrN2O. The number of benzene rings is 1. The van der Waals surface area contributed by atoms with Crippen LogP contribution in [0.1, 0.15) is 5.56 Å². The summed E-state index contributed by atoms with van der Waals surface area (Å²) in [6, 6.07) is 7.98. The Morgan fingerprint density at radius 2 is 2.07 bits per heavy atom. The van der Waals surface area contributed by atoms with E-state index < -0.39 is 0 Å². The van der Waals surface area contributed by atoms with Crippen LogP contribution in [0.4, 0.5) is 0 Å². The van der Waals surface area contributed by atoms with E-state index >= 15 is 0 Å². The summed E-state index contributed by atoms with van der Waals surface area (Å²) in [6.07, 6.45) is 3.73. The van der Waals surface area contributed by atoms with Crippen molar-refractivity contribution >= 4 is 15.9 Å². The molecule has 0 bridgehead atoms. The van der Waals surface area contributed by atoms with Gasteiger partial charge in [0.1, 0.15) is 5.75 Å². The molecule has 78 valence electrons. The molecule has 0 radical (unpaired) electrons. The molecule has 0 aliphatic rings. The molecule has 3 nitrogen and oxygen atoms in total. The maximum atomic E-state index is 5.09. The lowest BCUT2D eigenvalue weighted by atomic mass is 10.2. The summed E-state index contributed by atoms with van der Waals surface area (Å²) in [4.78, 5) is 0. The van der Waals surface area contributed by atoms with Crippen LogP contribution in [0.25, 0.3) is 0 Å². The van der Waals surface area contributed by atoms with Gasteiger partial charge in [-0.15, -0.1) is 0 Å². The minimum absolute atomic E-state index is 0.773. The highest BCUT2D eigenvalue weighted by Crippen LogP contribution is 2.13. The number of hydrogen-bond donors (Lipinski definition) is 0. The minimum atomic E-state index is 0.773. The van der Waals surface area contributed by atoms with Gasteiger partial charge >= 0.3 is 0 Å². The van der Waals surface area contributed by atoms with Crippen molar-refractivity contribution in [3.05, 3.63) is 46.7 Å². The Balaban J connectivity index is 2.11. The van der Waals surface area contributed by atoms with Gasteiger partial charge in [-0.3, -0.25) is 4.68 Å². The molecule has 1 aromatic heterocycles. The third-order valence-electron chi connectivity index (χ3n) is 2.11. The molecule has 1 heterocycles. The average Bonchev–Trinajstić information content (AvgIpc) is 2.65. The van der Waals surface area contributed by atoms with Crippen LogP contribution < -0.4 is 4.74 Å². The van der Waals surface area contributed by atoms with E-state index in [2.05, 4.69) is 21.0 Å². The Labute approximate surface area is 96.8 Å². The predicted molar refractivity (Wildman–Crippen MR) is 62.0 cm³/mol. The van der Waals surface area contributed by atoms with Gasteiger partial charge in [0, 0.05) is 6.20 Å². The van der Waals surface area contributed by atoms with Gasteiger partial charge in [0.05, 0.1) is 24.3 Å². The van der Waals surface area contributed by atoms with Crippen molar-refractivity contribution in [2.45, 2.75) is 6.54 Å². The van der Waals surface area contributed by atoms with E-state index in [1.807, 2.05) is 35.1 Å². The third kappa shape index (κ3) is 2.59. The lowest BCUT2D eigenvalue weighted by Crippen LogP contribution is -1.99. The van der Waals surface area contributed by atoms with Crippen molar-refractivity contribution in [3.63, 3.8) is 0 Å². The molecule has 4 heteroatoms. The van der Waals surface area contributed by atoms with Crippen molar-refractivity contribution < 1.29 is 4.74 Å². The Morgan fingerprint density at radius 1 is 1.33 bits per heavy atom. The predicted octanol–water partition coefficient (Wildman–Crippen LogP) is 2.70. The molecule has 0 atom stereocenters. The molecule has 2 aromatic rings. The van der Waals surface area contributed by atoms with E-state index in [9.17, 15) is 0 Å². The van der Waals surface area contributed by atoms with E-state index in [1.54, 1.807) is 13.3 Å². The first kappa shape index (κ1) is 10.2. The molecule has 2 rings (SSSR count). The van der Waals surface area contributed by atoms with Crippen LogP contribution in [0, 0.1) is 0 Å². The summed E-state index contributed by atoms with van der Waals surface area (Å²) >= 11 is 3.36. The zero-order chi connectivity index (χ0) is 10.7. The first-order valence-corrected chi connectivity index (χ1v) is 5.38. The smallest absolute Gasteiger partial charge is 0.118 e. The fourth-order valence-electron chi connectivity index (χ4n) is 1.34. The van der Waals surface area contributed by atoms with Crippen molar-refractivity contribution in [2.24, 2.45) is 0 Å². The number of halogens is 1. The van der Waals surface area contributed by atoms with Gasteiger partial charge in [-0.2, -0.15) is 5.10 Å². The Kier molecular flexibility index (Phi) is 3.06. The maximum Gasteiger partial charge on any atom is 0.118 e. The van der Waals surface area contributed by atoms with Gasteiger partial charge in [0.2, 0.25) is 0 Å². The monoisotopic (exact) mass is 266 g/mol. The number of methoxy groups -OCH3 is 1. The molecule has 0 saturated heterocycles. The first-order chi connectivity index (χ1) is 7.28. The summed E-state index contributed by atoms with van der Waals surface area (Å²) in [7, 11) is 1.67. The Hall–Kier alpha value is -1.29. The molecular weight excluding hydrogens is 256 g/mol. The van der Waals surface area contributed by atoms with Crippen molar-refractivity contribution in [1.29, 1.82) is 0 Å². The largest absolute Gasteiger partial charge is 0.497 e. The molecule has 0 fully saturated rings. The van der Waals surface area contributed by atoms with E-state index in [1.165, 1.54) is 5.56 Å². The first-order valence-electron chi connectivity index (χ1n) is 4.59. The second kappa shape index (κ2) is 4.49. The van der Waals surface area contributed by atoms with Crippen molar-refractivity contribution in [1.82, 2.24) is 9.78 Å². The van der Waals surface area contributed by atoms with Crippen LogP contribution in [-0.2, 0) is 6.54 Å². The SMILES string of the molecule is COc1ccc(Cn2cc(Br)cn2)cc1. The zero-order valence-corrected chi connectivity index (χ0v) is 9.94. The summed E-state index contributed by atoms with van der Waals surface area (Å²) in [6.45, 7) is 0.773. The van der Waals surface area contributed by atoms with Crippen molar-refractivity contribution in [3.8, 4) is 5.75 Å². The Bertz CT molecular complexity index is 436. The van der Waals surface area contributed by atoms with Gasteiger partial charge < -0.3 is 4.74 Å². The highest BCUT2D eigenvalue weighted by molar-refractivity contribution is 9.10. The van der Waals surface area contributed by atoms with E-state index in [4.69, 9.17) is 4.74 Å². The summed E-state index contributed by atoms with van der Waals surface area (Å²) in [5, 5.41) is 4.19. The topological polar surface area (TPSA) is 27.1 Å². The maximum absolute atomic E-state index is 5.09. The fraction of sp³-hybridized carbons (Fsp3) is 0.182. The lowest BCUT2D eigenvalue weighted by Gasteiger charge is -2.03. The molecule has 1 aromatic carbocycles. The molecule has 0 amide bonds. The number of nitrogens with zero attached hydrogens (tertiary/aromatic N) is 2. The third-order valence-corrected chi connectivity index (χ3v) is 2.51. The quantitative estimate of drug-likeness (QED) is 0.854. The van der Waals surface area contributed by atoms with Crippen LogP contribution >= 0.6 is 15.9 Å². The van der Waals surface area contributed by atoms with Gasteiger partial charge in [-0.25, -0.2) is 0 Å². The molecule has 15 heavy (non-hydrogen) atoms. The Morgan fingerprint density at radius 3 is 2.60 bits per heavy atom. The van der Waals surface area contributed by atoms with E-state index in [0.29, 0.717) is 0 Å². The van der Waals surface area contributed by atoms with Gasteiger partial charge in [-0.1, -0.05) is 12.1 Å². The lowest BCUT2D eigenvalue weighted by molar-refractivity contribution is 0.414. The summed E-state index contributed by atoms with van der Waals surface area (Å²) < 4.78 is 7.97. The summed E-state index contributed by atoms with van der Waals surface area (Å²) in [5.74, 6) is 0.875. The van der Waals surface area contributed by atoms with Gasteiger partial charge in [0.15, 0.2) is 0 Å². The molecule has 0 aliphatic carbocycles. The standard InChI is InChI=1S/C11H11BrN2O/c1-15-11-4-2-9(3-5-11)7-14-8-10(12)6-13-14/h2-6,8H,7H2,1H3. The fourth-order valence-corrected chi connectivity index (χ4v) is 1.67. The second-order valence-corrected chi connectivity index (χ2v) is 4.12. The molecule has 0 spiro atoms. The summed E-state index contributed by atoms with van der Waals surface area (Å²) in [5.41, 5.74) is 1.20. The van der Waals surface area contributed by atoms with E-state index in [0.717, 1.165) is 16.8 Å². The average molecular weight is 267 g/mol. The van der Waals surface area contributed by atoms with Crippen molar-refractivity contribution in [2.75, 3.05) is 7.11 Å². The number of ether oxygens (including phenoxy) is 1. The number of hydrogen-bond acceptors (Lipinski definition) is 2. The highest BCUT2D eigenvalue weighted by atomic mass is 79.9. The van der Waals surface area contributed by atoms with Crippen LogP contribution in [0.15, 0.2) is 41.1 Å². The zero-order valence-electron chi connectivity index (χ0n) is 8.35.